The molecule has 2 N–H and O–H groups in total. The Balaban J connectivity index is 1.91. The Morgan fingerprint density at radius 3 is 2.09 bits per heavy atom. The highest BCUT2D eigenvalue weighted by atomic mass is 32.1. The Bertz CT molecular complexity index is 1270. The summed E-state index contributed by atoms with van der Waals surface area (Å²) < 4.78 is 11.4. The van der Waals surface area contributed by atoms with E-state index in [1.807, 2.05) is 6.07 Å². The van der Waals surface area contributed by atoms with Crippen LogP contribution in [-0.4, -0.2) is 24.3 Å². The van der Waals surface area contributed by atoms with E-state index in [1.165, 1.54) is 23.1 Å². The van der Waals surface area contributed by atoms with Crippen LogP contribution in [-0.2, 0) is 17.3 Å². The normalized spacial score (nSPS) is 16.3. The van der Waals surface area contributed by atoms with E-state index in [0.29, 0.717) is 17.0 Å². The van der Waals surface area contributed by atoms with Crippen molar-refractivity contribution >= 4 is 11.3 Å². The summed E-state index contributed by atoms with van der Waals surface area (Å²) in [6, 6.07) is 8.65. The summed E-state index contributed by atoms with van der Waals surface area (Å²) in [6.45, 7) is 11.5. The number of ether oxygens (including phenoxy) is 2. The van der Waals surface area contributed by atoms with E-state index in [-0.39, 0.29) is 21.6 Å². The molecule has 0 amide bonds. The lowest BCUT2D eigenvalue weighted by Gasteiger charge is -2.42. The number of rotatable bonds is 5. The van der Waals surface area contributed by atoms with Gasteiger partial charge in [0.25, 0.3) is 0 Å². The number of hydrogen-bond donors (Lipinski definition) is 2. The molecule has 0 radical (unpaired) electrons. The highest BCUT2D eigenvalue weighted by molar-refractivity contribution is 7.09. The van der Waals surface area contributed by atoms with Gasteiger partial charge in [-0.05, 0) is 65.0 Å². The summed E-state index contributed by atoms with van der Waals surface area (Å²) in [5.74, 6) is 1.31. The number of aromatic hydroxyl groups is 1. The van der Waals surface area contributed by atoms with Gasteiger partial charge in [-0.3, -0.25) is 9.78 Å². The number of benzene rings is 2. The second-order valence-corrected chi connectivity index (χ2v) is 11.4. The number of aromatic nitrogens is 1. The number of nitrogens with one attached hydrogen (secondary N) is 1. The first-order valence-corrected chi connectivity index (χ1v) is 12.1. The van der Waals surface area contributed by atoms with Gasteiger partial charge in [0.2, 0.25) is 5.88 Å². The largest absolute Gasteiger partial charge is 0.496 e. The molecule has 1 aliphatic rings. The molecular weight excluding hydrogens is 434 g/mol. The minimum absolute atomic E-state index is 0.0848. The van der Waals surface area contributed by atoms with E-state index in [1.54, 1.807) is 14.2 Å². The average molecular weight is 468 g/mol. The fourth-order valence-corrected chi connectivity index (χ4v) is 5.72. The van der Waals surface area contributed by atoms with Gasteiger partial charge >= 0.3 is 4.87 Å². The zero-order chi connectivity index (χ0) is 24.1. The Morgan fingerprint density at radius 1 is 0.939 bits per heavy atom. The number of methoxy groups -OCH3 is 2. The minimum atomic E-state index is -0.273. The zero-order valence-electron chi connectivity index (χ0n) is 20.5. The fourth-order valence-electron chi connectivity index (χ4n) is 4.97. The van der Waals surface area contributed by atoms with Crippen molar-refractivity contribution in [2.24, 2.45) is 0 Å². The van der Waals surface area contributed by atoms with E-state index in [4.69, 9.17) is 9.47 Å². The number of aromatic amines is 1. The minimum Gasteiger partial charge on any atom is -0.496 e. The summed E-state index contributed by atoms with van der Waals surface area (Å²) in [6.07, 6.45) is 2.70. The van der Waals surface area contributed by atoms with Crippen molar-refractivity contribution < 1.29 is 14.6 Å². The van der Waals surface area contributed by atoms with Crippen LogP contribution in [0.15, 0.2) is 29.1 Å². The van der Waals surface area contributed by atoms with E-state index in [2.05, 4.69) is 57.8 Å². The van der Waals surface area contributed by atoms with Gasteiger partial charge in [-0.1, -0.05) is 45.1 Å². The first-order valence-electron chi connectivity index (χ1n) is 11.3. The maximum atomic E-state index is 11.7. The lowest BCUT2D eigenvalue weighted by molar-refractivity contribution is 0.332. The van der Waals surface area contributed by atoms with Crippen molar-refractivity contribution in [2.75, 3.05) is 14.2 Å². The average Bonchev–Trinajstić information content (AvgIpc) is 3.07. The zero-order valence-corrected chi connectivity index (χ0v) is 21.3. The lowest BCUT2D eigenvalue weighted by Crippen LogP contribution is -2.34. The highest BCUT2D eigenvalue weighted by Crippen LogP contribution is 2.49. The van der Waals surface area contributed by atoms with Gasteiger partial charge < -0.3 is 14.6 Å². The molecule has 0 atom stereocenters. The smallest absolute Gasteiger partial charge is 0.307 e. The van der Waals surface area contributed by atoms with Gasteiger partial charge in [0.05, 0.1) is 19.1 Å². The molecule has 0 aliphatic heterocycles. The monoisotopic (exact) mass is 467 g/mol. The van der Waals surface area contributed by atoms with Crippen molar-refractivity contribution in [2.45, 2.75) is 64.7 Å². The molecule has 1 aliphatic carbocycles. The highest BCUT2D eigenvalue weighted by Gasteiger charge is 2.37. The topological polar surface area (TPSA) is 71.5 Å². The molecule has 0 bridgehead atoms. The number of fused-ring (bicyclic) bond motifs is 1. The van der Waals surface area contributed by atoms with Crippen LogP contribution >= 0.6 is 11.3 Å². The van der Waals surface area contributed by atoms with Crippen molar-refractivity contribution in [3.8, 4) is 28.5 Å². The fraction of sp³-hybridized carbons (Fsp3) is 0.444. The molecule has 2 aromatic carbocycles. The Kier molecular flexibility index (Phi) is 5.85. The molecule has 6 heteroatoms. The third-order valence-electron chi connectivity index (χ3n) is 7.14. The summed E-state index contributed by atoms with van der Waals surface area (Å²) in [5, 5.41) is 10.1. The van der Waals surface area contributed by atoms with Crippen LogP contribution in [0.2, 0.25) is 0 Å². The van der Waals surface area contributed by atoms with Crippen molar-refractivity contribution in [1.82, 2.24) is 4.98 Å². The molecular formula is C27H33NO4S. The van der Waals surface area contributed by atoms with E-state index < -0.39 is 0 Å². The quantitative estimate of drug-likeness (QED) is 0.477. The van der Waals surface area contributed by atoms with Crippen LogP contribution < -0.4 is 14.3 Å². The molecule has 33 heavy (non-hydrogen) atoms. The van der Waals surface area contributed by atoms with E-state index >= 15 is 0 Å². The molecule has 176 valence electrons. The van der Waals surface area contributed by atoms with Gasteiger partial charge in [-0.15, -0.1) is 0 Å². The standard InChI is InChI=1S/C27H33NO4S/c1-15-10-19-20(27(4,5)9-8-26(19,2)3)13-17(15)18-11-16(21(31-6)14-22(18)32-7)12-23-24(29)28-25(30)33-23/h10-11,13-14,29H,8-9,12H2,1-7H3,(H,28,30). The van der Waals surface area contributed by atoms with Gasteiger partial charge in [0, 0.05) is 23.6 Å². The molecule has 1 aromatic heterocycles. The predicted octanol–water partition coefficient (Wildman–Crippen LogP) is 6.07. The van der Waals surface area contributed by atoms with Crippen LogP contribution in [0.1, 0.15) is 67.7 Å². The Hall–Kier alpha value is -2.73. The molecule has 3 aromatic rings. The summed E-state index contributed by atoms with van der Waals surface area (Å²) in [5.41, 5.74) is 7.25. The summed E-state index contributed by atoms with van der Waals surface area (Å²) >= 11 is 1.01. The third kappa shape index (κ3) is 4.17. The molecule has 4 rings (SSSR count). The number of hydrogen-bond acceptors (Lipinski definition) is 5. The van der Waals surface area contributed by atoms with Crippen LogP contribution in [0, 0.1) is 6.92 Å². The SMILES string of the molecule is COc1cc(OC)c(-c2cc3c(cc2C)C(C)(C)CCC3(C)C)cc1Cc1sc(=O)[nH]c1O. The van der Waals surface area contributed by atoms with Crippen molar-refractivity contribution in [3.63, 3.8) is 0 Å². The van der Waals surface area contributed by atoms with Gasteiger partial charge in [-0.25, -0.2) is 0 Å². The number of H-pyrrole nitrogens is 1. The second kappa shape index (κ2) is 8.24. The Morgan fingerprint density at radius 2 is 1.55 bits per heavy atom. The van der Waals surface area contributed by atoms with Gasteiger partial charge in [0.1, 0.15) is 11.5 Å². The molecule has 0 saturated heterocycles. The van der Waals surface area contributed by atoms with Crippen LogP contribution in [0.5, 0.6) is 17.4 Å². The molecule has 0 saturated carbocycles. The van der Waals surface area contributed by atoms with Crippen LogP contribution in [0.3, 0.4) is 0 Å². The first-order chi connectivity index (χ1) is 15.5. The van der Waals surface area contributed by atoms with Gasteiger partial charge in [-0.2, -0.15) is 0 Å². The lowest BCUT2D eigenvalue weighted by atomic mass is 9.62. The molecule has 1 heterocycles. The number of thiazole rings is 1. The maximum absolute atomic E-state index is 11.7. The maximum Gasteiger partial charge on any atom is 0.307 e. The molecule has 5 nitrogen and oxygen atoms in total. The summed E-state index contributed by atoms with van der Waals surface area (Å²) in [7, 11) is 3.29. The molecule has 0 spiro atoms. The van der Waals surface area contributed by atoms with E-state index in [0.717, 1.165) is 40.2 Å². The Labute approximate surface area is 199 Å². The van der Waals surface area contributed by atoms with Crippen LogP contribution in [0.4, 0.5) is 0 Å². The first kappa shape index (κ1) is 23.4. The van der Waals surface area contributed by atoms with Crippen LogP contribution in [0.25, 0.3) is 11.1 Å². The van der Waals surface area contributed by atoms with Crippen molar-refractivity contribution in [1.29, 1.82) is 0 Å². The summed E-state index contributed by atoms with van der Waals surface area (Å²) in [4.78, 5) is 14.4. The third-order valence-corrected chi connectivity index (χ3v) is 8.01. The second-order valence-electron chi connectivity index (χ2n) is 10.3. The predicted molar refractivity (Wildman–Crippen MR) is 134 cm³/mol. The molecule has 0 fully saturated rings. The van der Waals surface area contributed by atoms with Gasteiger partial charge in [0.15, 0.2) is 0 Å². The number of aryl methyl sites for hydroxylation is 1. The van der Waals surface area contributed by atoms with E-state index in [9.17, 15) is 9.90 Å². The molecule has 0 unspecified atom stereocenters. The van der Waals surface area contributed by atoms with Crippen molar-refractivity contribution in [3.05, 3.63) is 61.1 Å².